The fraction of sp³-hybridized carbons (Fsp3) is 0.263. The highest BCUT2D eigenvalue weighted by atomic mass is 32.2. The normalized spacial score (nSPS) is 15.1. The van der Waals surface area contributed by atoms with Crippen molar-refractivity contribution in [3.63, 3.8) is 0 Å². The molecule has 134 valence electrons. The summed E-state index contributed by atoms with van der Waals surface area (Å²) >= 11 is 3.44. The van der Waals surface area contributed by atoms with Crippen LogP contribution < -0.4 is 9.75 Å². The van der Waals surface area contributed by atoms with Gasteiger partial charge in [-0.25, -0.2) is 15.0 Å². The molecular formula is C19H19N3O2S2. The van der Waals surface area contributed by atoms with Crippen LogP contribution in [0.25, 0.3) is 21.3 Å². The van der Waals surface area contributed by atoms with E-state index in [0.29, 0.717) is 5.13 Å². The number of aromatic nitrogens is 1. The topological polar surface area (TPSA) is 45.7 Å². The smallest absolute Gasteiger partial charge is 0.230 e. The van der Waals surface area contributed by atoms with Gasteiger partial charge < -0.3 is 4.74 Å². The average Bonchev–Trinajstić information content (AvgIpc) is 3.14. The van der Waals surface area contributed by atoms with E-state index >= 15 is 0 Å². The van der Waals surface area contributed by atoms with Crippen molar-refractivity contribution < 1.29 is 9.53 Å². The molecule has 2 aromatic carbocycles. The van der Waals surface area contributed by atoms with Gasteiger partial charge in [-0.15, -0.1) is 0 Å². The van der Waals surface area contributed by atoms with E-state index in [4.69, 9.17) is 9.72 Å². The lowest BCUT2D eigenvalue weighted by Gasteiger charge is -2.32. The zero-order chi connectivity index (χ0) is 17.9. The second-order valence-electron chi connectivity index (χ2n) is 5.87. The highest BCUT2D eigenvalue weighted by Crippen LogP contribution is 2.40. The highest BCUT2D eigenvalue weighted by Gasteiger charge is 2.23. The number of carbonyl (C=O) groups is 1. The van der Waals surface area contributed by atoms with Crippen molar-refractivity contribution in [2.45, 2.75) is 0 Å². The number of rotatable bonds is 5. The molecule has 0 unspecified atom stereocenters. The molecule has 0 spiro atoms. The lowest BCUT2D eigenvalue weighted by atomic mass is 10.1. The number of thiazole rings is 1. The predicted octanol–water partition coefficient (Wildman–Crippen LogP) is 3.90. The van der Waals surface area contributed by atoms with Crippen LogP contribution >= 0.6 is 23.1 Å². The second kappa shape index (κ2) is 7.65. The third kappa shape index (κ3) is 3.18. The van der Waals surface area contributed by atoms with Crippen LogP contribution in [-0.4, -0.2) is 48.1 Å². The number of fused-ring (bicyclic) bond motifs is 1. The molecule has 1 aromatic heterocycles. The first-order valence-electron chi connectivity index (χ1n) is 8.42. The van der Waals surface area contributed by atoms with E-state index in [2.05, 4.69) is 23.2 Å². The molecule has 0 bridgehead atoms. The minimum atomic E-state index is 0.684. The van der Waals surface area contributed by atoms with Gasteiger partial charge in [0.25, 0.3) is 0 Å². The third-order valence-corrected chi connectivity index (χ3v) is 6.41. The molecule has 4 rings (SSSR count). The molecule has 26 heavy (non-hydrogen) atoms. The van der Waals surface area contributed by atoms with Crippen LogP contribution in [0.3, 0.4) is 0 Å². The van der Waals surface area contributed by atoms with Gasteiger partial charge in [0.15, 0.2) is 0 Å². The fourth-order valence-corrected chi connectivity index (χ4v) is 5.08. The maximum Gasteiger partial charge on any atom is 0.230 e. The van der Waals surface area contributed by atoms with Crippen LogP contribution in [0.4, 0.5) is 5.13 Å². The number of amides is 1. The van der Waals surface area contributed by atoms with Gasteiger partial charge in [-0.2, -0.15) is 11.8 Å². The summed E-state index contributed by atoms with van der Waals surface area (Å²) < 4.78 is 6.54. The Morgan fingerprint density at radius 3 is 2.62 bits per heavy atom. The monoisotopic (exact) mass is 385 g/mol. The highest BCUT2D eigenvalue weighted by molar-refractivity contribution is 7.99. The van der Waals surface area contributed by atoms with Crippen molar-refractivity contribution in [1.82, 2.24) is 9.99 Å². The van der Waals surface area contributed by atoms with Gasteiger partial charge in [-0.1, -0.05) is 41.7 Å². The Balaban J connectivity index is 1.83. The fourth-order valence-electron chi connectivity index (χ4n) is 3.08. The second-order valence-corrected chi connectivity index (χ2v) is 8.07. The van der Waals surface area contributed by atoms with Crippen molar-refractivity contribution >= 4 is 44.9 Å². The molecule has 0 atom stereocenters. The summed E-state index contributed by atoms with van der Waals surface area (Å²) in [5.41, 5.74) is 3.03. The van der Waals surface area contributed by atoms with E-state index in [1.165, 1.54) is 11.3 Å². The Morgan fingerprint density at radius 2 is 1.92 bits per heavy atom. The molecule has 3 aromatic rings. The Bertz CT molecular complexity index is 908. The number of hydrogen-bond acceptors (Lipinski definition) is 6. The summed E-state index contributed by atoms with van der Waals surface area (Å²) in [4.78, 5) is 16.6. The average molecular weight is 386 g/mol. The molecule has 5 nitrogen and oxygen atoms in total. The lowest BCUT2D eigenvalue weighted by molar-refractivity contribution is -0.110. The SMILES string of the molecule is COc1ccc(-c2ccccc2)c2sc(N(C=O)N3CCSCC3)nc12. The first-order chi connectivity index (χ1) is 12.8. The maximum absolute atomic E-state index is 11.8. The predicted molar refractivity (Wildman–Crippen MR) is 109 cm³/mol. The van der Waals surface area contributed by atoms with Crippen LogP contribution in [0.15, 0.2) is 42.5 Å². The number of hydrogen-bond donors (Lipinski definition) is 0. The molecule has 0 radical (unpaired) electrons. The van der Waals surface area contributed by atoms with E-state index in [1.807, 2.05) is 36.0 Å². The molecule has 0 saturated carbocycles. The van der Waals surface area contributed by atoms with Gasteiger partial charge in [0, 0.05) is 30.2 Å². The van der Waals surface area contributed by atoms with Gasteiger partial charge in [0.2, 0.25) is 11.5 Å². The zero-order valence-corrected chi connectivity index (χ0v) is 16.1. The summed E-state index contributed by atoms with van der Waals surface area (Å²) in [5.74, 6) is 2.77. The number of hydrazine groups is 1. The molecule has 1 saturated heterocycles. The van der Waals surface area contributed by atoms with Crippen LogP contribution in [-0.2, 0) is 4.79 Å². The number of thioether (sulfide) groups is 1. The van der Waals surface area contributed by atoms with Crippen molar-refractivity contribution in [3.05, 3.63) is 42.5 Å². The quantitative estimate of drug-likeness (QED) is 0.624. The van der Waals surface area contributed by atoms with Crippen LogP contribution in [0.1, 0.15) is 0 Å². The minimum absolute atomic E-state index is 0.684. The molecule has 7 heteroatoms. The number of benzene rings is 2. The first kappa shape index (κ1) is 17.3. The number of anilines is 1. The first-order valence-corrected chi connectivity index (χ1v) is 10.4. The number of methoxy groups -OCH3 is 1. The third-order valence-electron chi connectivity index (χ3n) is 4.39. The van der Waals surface area contributed by atoms with Gasteiger partial charge in [0.05, 0.1) is 11.8 Å². The van der Waals surface area contributed by atoms with Crippen LogP contribution in [0.5, 0.6) is 5.75 Å². The molecule has 1 aliphatic rings. The van der Waals surface area contributed by atoms with Gasteiger partial charge in [-0.05, 0) is 17.7 Å². The number of carbonyl (C=O) groups excluding carboxylic acids is 1. The lowest BCUT2D eigenvalue weighted by Crippen LogP contribution is -2.46. The number of nitrogens with zero attached hydrogens (tertiary/aromatic N) is 3. The van der Waals surface area contributed by atoms with E-state index in [9.17, 15) is 4.79 Å². The summed E-state index contributed by atoms with van der Waals surface area (Å²) in [6.45, 7) is 1.70. The van der Waals surface area contributed by atoms with Gasteiger partial charge in [-0.3, -0.25) is 4.79 Å². The van der Waals surface area contributed by atoms with Crippen LogP contribution in [0, 0.1) is 0 Å². The molecule has 2 heterocycles. The van der Waals surface area contributed by atoms with Crippen molar-refractivity contribution in [3.8, 4) is 16.9 Å². The molecule has 1 aliphatic heterocycles. The van der Waals surface area contributed by atoms with Crippen LogP contribution in [0.2, 0.25) is 0 Å². The van der Waals surface area contributed by atoms with Gasteiger partial charge in [0.1, 0.15) is 11.3 Å². The van der Waals surface area contributed by atoms with Crippen molar-refractivity contribution in [2.24, 2.45) is 0 Å². The molecule has 1 fully saturated rings. The number of ether oxygens (including phenoxy) is 1. The summed E-state index contributed by atoms with van der Waals surface area (Å²) in [6.07, 6.45) is 0.863. The summed E-state index contributed by atoms with van der Waals surface area (Å²) in [6, 6.07) is 14.2. The maximum atomic E-state index is 11.8. The molecule has 0 aliphatic carbocycles. The Hall–Kier alpha value is -2.09. The summed E-state index contributed by atoms with van der Waals surface area (Å²) in [5, 5.41) is 4.40. The molecule has 0 N–H and O–H groups in total. The van der Waals surface area contributed by atoms with E-state index in [-0.39, 0.29) is 0 Å². The largest absolute Gasteiger partial charge is 0.494 e. The van der Waals surface area contributed by atoms with Crippen molar-refractivity contribution in [2.75, 3.05) is 36.7 Å². The Labute approximate surface area is 160 Å². The molecular weight excluding hydrogens is 366 g/mol. The summed E-state index contributed by atoms with van der Waals surface area (Å²) in [7, 11) is 1.65. The van der Waals surface area contributed by atoms with Crippen molar-refractivity contribution in [1.29, 1.82) is 0 Å². The van der Waals surface area contributed by atoms with E-state index < -0.39 is 0 Å². The standard InChI is InChI=1S/C19H19N3O2S2/c1-24-16-8-7-15(14-5-3-2-4-6-14)18-17(16)20-19(26-18)22(13-23)21-9-11-25-12-10-21/h2-8,13H,9-12H2,1H3. The van der Waals surface area contributed by atoms with Gasteiger partial charge >= 0.3 is 0 Å². The molecule has 1 amide bonds. The minimum Gasteiger partial charge on any atom is -0.494 e. The zero-order valence-electron chi connectivity index (χ0n) is 14.4. The van der Waals surface area contributed by atoms with E-state index in [1.54, 1.807) is 12.1 Å². The van der Waals surface area contributed by atoms with E-state index in [0.717, 1.165) is 58.1 Å². The Kier molecular flexibility index (Phi) is 5.10. The Morgan fingerprint density at radius 1 is 1.15 bits per heavy atom.